The second kappa shape index (κ2) is 6.60. The molecule has 2 aliphatic rings. The largest absolute Gasteiger partial charge is 0.418 e. The first kappa shape index (κ1) is 17.9. The molecule has 2 aromatic rings. The van der Waals surface area contributed by atoms with Crippen molar-refractivity contribution in [1.29, 1.82) is 0 Å². The van der Waals surface area contributed by atoms with Crippen LogP contribution in [-0.2, 0) is 26.0 Å². The standard InChI is InChI=1S/C16H15N3O6S2/c20-15(17-8-10-4-2-1-3-5-10)13-14-11(6-7-26-14)12-9-18(13)16(21)19(12)25-27(22,23)24/h1-7,12-13H,8-9H2,(H,17,20)(H,22,23,24)/t12-,13?/m1/s1. The monoisotopic (exact) mass is 409 g/mol. The average molecular weight is 409 g/mol. The number of hydrogen-bond acceptors (Lipinski definition) is 6. The van der Waals surface area contributed by atoms with Gasteiger partial charge in [-0.2, -0.15) is 13.5 Å². The maximum Gasteiger partial charge on any atom is 0.418 e. The van der Waals surface area contributed by atoms with E-state index in [9.17, 15) is 18.0 Å². The van der Waals surface area contributed by atoms with E-state index in [1.807, 2.05) is 30.3 Å². The fourth-order valence-corrected chi connectivity index (χ4v) is 4.77. The molecule has 142 valence electrons. The molecule has 11 heteroatoms. The highest BCUT2D eigenvalue weighted by Crippen LogP contribution is 2.46. The number of amides is 3. The first-order valence-electron chi connectivity index (χ1n) is 8.01. The Balaban J connectivity index is 1.60. The minimum Gasteiger partial charge on any atom is -0.350 e. The number of carbonyl (C=O) groups excluding carboxylic acids is 2. The number of nitrogens with zero attached hydrogens (tertiary/aromatic N) is 2. The van der Waals surface area contributed by atoms with Gasteiger partial charge in [-0.05, 0) is 22.6 Å². The lowest BCUT2D eigenvalue weighted by Gasteiger charge is -2.29. The van der Waals surface area contributed by atoms with E-state index in [1.54, 1.807) is 11.4 Å². The van der Waals surface area contributed by atoms with Crippen molar-refractivity contribution in [2.75, 3.05) is 6.54 Å². The molecule has 2 atom stereocenters. The number of hydrogen-bond donors (Lipinski definition) is 2. The Bertz CT molecular complexity index is 991. The molecule has 1 saturated heterocycles. The molecule has 2 N–H and O–H groups in total. The number of nitrogens with one attached hydrogen (secondary N) is 1. The maximum absolute atomic E-state index is 12.8. The summed E-state index contributed by atoms with van der Waals surface area (Å²) in [7, 11) is -4.87. The van der Waals surface area contributed by atoms with Gasteiger partial charge in [0.2, 0.25) is 5.91 Å². The third-order valence-electron chi connectivity index (χ3n) is 4.47. The molecular weight excluding hydrogens is 394 g/mol. The molecule has 1 unspecified atom stereocenters. The van der Waals surface area contributed by atoms with E-state index in [1.165, 1.54) is 16.2 Å². The smallest absolute Gasteiger partial charge is 0.350 e. The van der Waals surface area contributed by atoms with Crippen LogP contribution in [-0.4, -0.2) is 41.4 Å². The predicted octanol–water partition coefficient (Wildman–Crippen LogP) is 1.63. The third kappa shape index (κ3) is 3.30. The normalized spacial score (nSPS) is 21.3. The summed E-state index contributed by atoms with van der Waals surface area (Å²) in [5.74, 6) is -0.372. The lowest BCUT2D eigenvalue weighted by molar-refractivity contribution is -0.125. The Kier molecular flexibility index (Phi) is 4.38. The quantitative estimate of drug-likeness (QED) is 0.725. The molecule has 3 amide bonds. The van der Waals surface area contributed by atoms with E-state index in [0.29, 0.717) is 22.0 Å². The van der Waals surface area contributed by atoms with Crippen LogP contribution >= 0.6 is 11.3 Å². The van der Waals surface area contributed by atoms with Crippen LogP contribution < -0.4 is 5.32 Å². The van der Waals surface area contributed by atoms with Crippen molar-refractivity contribution in [3.05, 3.63) is 57.8 Å². The van der Waals surface area contributed by atoms with Gasteiger partial charge in [0.15, 0.2) is 0 Å². The van der Waals surface area contributed by atoms with E-state index in [0.717, 1.165) is 5.56 Å². The van der Waals surface area contributed by atoms with Crippen molar-refractivity contribution in [1.82, 2.24) is 15.3 Å². The number of fused-ring (bicyclic) bond motifs is 4. The van der Waals surface area contributed by atoms with Crippen LogP contribution in [0.25, 0.3) is 0 Å². The fourth-order valence-electron chi connectivity index (χ4n) is 3.34. The first-order valence-corrected chi connectivity index (χ1v) is 10.3. The molecule has 1 aromatic carbocycles. The van der Waals surface area contributed by atoms with Crippen LogP contribution in [0, 0.1) is 0 Å². The molecular formula is C16H15N3O6S2. The summed E-state index contributed by atoms with van der Waals surface area (Å²) in [6, 6.07) is 8.67. The van der Waals surface area contributed by atoms with Gasteiger partial charge >= 0.3 is 16.4 Å². The number of rotatable bonds is 5. The Morgan fingerprint density at radius 1 is 1.30 bits per heavy atom. The van der Waals surface area contributed by atoms with Crippen LogP contribution in [0.4, 0.5) is 4.79 Å². The molecule has 0 aliphatic carbocycles. The van der Waals surface area contributed by atoms with Crippen molar-refractivity contribution in [3.8, 4) is 0 Å². The molecule has 0 spiro atoms. The number of urea groups is 1. The Morgan fingerprint density at radius 3 is 2.74 bits per heavy atom. The summed E-state index contributed by atoms with van der Waals surface area (Å²) in [5.41, 5.74) is 1.54. The lowest BCUT2D eigenvalue weighted by atomic mass is 9.99. The summed E-state index contributed by atoms with van der Waals surface area (Å²) in [5, 5.41) is 5.18. The molecule has 4 rings (SSSR count). The van der Waals surface area contributed by atoms with Gasteiger partial charge in [0.25, 0.3) is 0 Å². The van der Waals surface area contributed by atoms with Gasteiger partial charge < -0.3 is 10.2 Å². The van der Waals surface area contributed by atoms with Crippen molar-refractivity contribution >= 4 is 33.7 Å². The third-order valence-corrected chi connectivity index (χ3v) is 5.80. The van der Waals surface area contributed by atoms with E-state index in [4.69, 9.17) is 4.55 Å². The van der Waals surface area contributed by atoms with Crippen LogP contribution in [0.3, 0.4) is 0 Å². The summed E-state index contributed by atoms with van der Waals surface area (Å²) in [6.45, 7) is 0.384. The second-order valence-corrected chi connectivity index (χ2v) is 8.08. The van der Waals surface area contributed by atoms with Gasteiger partial charge in [0.1, 0.15) is 12.1 Å². The van der Waals surface area contributed by atoms with Gasteiger partial charge in [-0.3, -0.25) is 9.35 Å². The molecule has 2 bridgehead atoms. The van der Waals surface area contributed by atoms with Crippen LogP contribution in [0.15, 0.2) is 41.8 Å². The summed E-state index contributed by atoms with van der Waals surface area (Å²) < 4.78 is 35.6. The first-order chi connectivity index (χ1) is 12.8. The van der Waals surface area contributed by atoms with Crippen molar-refractivity contribution in [2.45, 2.75) is 18.6 Å². The SMILES string of the molecule is O=C(NCc1ccccc1)C1c2sccc2[C@H]2CN1C(=O)N2OS(=O)(=O)O. The average Bonchev–Trinajstić information content (AvgIpc) is 3.20. The summed E-state index contributed by atoms with van der Waals surface area (Å²) in [6.07, 6.45) is 0. The van der Waals surface area contributed by atoms with E-state index in [-0.39, 0.29) is 12.5 Å². The Labute approximate surface area is 159 Å². The number of carbonyl (C=O) groups is 2. The molecule has 1 aromatic heterocycles. The van der Waals surface area contributed by atoms with Crippen molar-refractivity contribution in [3.63, 3.8) is 0 Å². The predicted molar refractivity (Wildman–Crippen MR) is 94.7 cm³/mol. The zero-order valence-electron chi connectivity index (χ0n) is 13.8. The van der Waals surface area contributed by atoms with Gasteiger partial charge in [-0.25, -0.2) is 4.79 Å². The molecule has 3 heterocycles. The highest BCUT2D eigenvalue weighted by molar-refractivity contribution is 7.80. The molecule has 0 saturated carbocycles. The minimum absolute atomic E-state index is 0.0848. The molecule has 9 nitrogen and oxygen atoms in total. The summed E-state index contributed by atoms with van der Waals surface area (Å²) >= 11 is 1.30. The lowest BCUT2D eigenvalue weighted by Crippen LogP contribution is -2.43. The molecule has 2 aliphatic heterocycles. The molecule has 1 fully saturated rings. The highest BCUT2D eigenvalue weighted by Gasteiger charge is 2.52. The van der Waals surface area contributed by atoms with Crippen molar-refractivity contribution in [2.24, 2.45) is 0 Å². The van der Waals surface area contributed by atoms with Gasteiger partial charge in [-0.1, -0.05) is 30.3 Å². The van der Waals surface area contributed by atoms with Gasteiger partial charge in [0, 0.05) is 11.4 Å². The minimum atomic E-state index is -4.87. The summed E-state index contributed by atoms with van der Waals surface area (Å²) in [4.78, 5) is 27.3. The van der Waals surface area contributed by atoms with Crippen LogP contribution in [0.2, 0.25) is 0 Å². The highest BCUT2D eigenvalue weighted by atomic mass is 32.3. The molecule has 0 radical (unpaired) electrons. The number of thiophene rings is 1. The topological polar surface area (TPSA) is 116 Å². The van der Waals surface area contributed by atoms with E-state index in [2.05, 4.69) is 9.60 Å². The second-order valence-electron chi connectivity index (χ2n) is 6.12. The van der Waals surface area contributed by atoms with Crippen LogP contribution in [0.1, 0.15) is 28.1 Å². The zero-order chi connectivity index (χ0) is 19.2. The van der Waals surface area contributed by atoms with E-state index < -0.39 is 28.5 Å². The maximum atomic E-state index is 12.8. The number of benzene rings is 1. The van der Waals surface area contributed by atoms with Crippen LogP contribution in [0.5, 0.6) is 0 Å². The van der Waals surface area contributed by atoms with Gasteiger partial charge in [0.05, 0.1) is 6.54 Å². The number of hydroxylamine groups is 2. The zero-order valence-corrected chi connectivity index (χ0v) is 15.4. The van der Waals surface area contributed by atoms with Gasteiger partial charge in [-0.15, -0.1) is 15.6 Å². The molecule has 27 heavy (non-hydrogen) atoms. The Morgan fingerprint density at radius 2 is 2.04 bits per heavy atom. The fraction of sp³-hybridized carbons (Fsp3) is 0.250. The Hall–Kier alpha value is -2.47. The van der Waals surface area contributed by atoms with E-state index >= 15 is 0 Å². The van der Waals surface area contributed by atoms with Crippen molar-refractivity contribution < 1.29 is 26.8 Å².